The van der Waals surface area contributed by atoms with Crippen molar-refractivity contribution in [3.05, 3.63) is 47.8 Å². The molecule has 10 heteroatoms. The van der Waals surface area contributed by atoms with E-state index in [1.54, 1.807) is 12.1 Å². The number of nitrogens with one attached hydrogen (secondary N) is 1. The van der Waals surface area contributed by atoms with Gasteiger partial charge in [0.25, 0.3) is 0 Å². The SMILES string of the molecule is O=C(CSc1nccc(C(F)(F)F)n1)Nc1ccc(CN2CCOCC2)cc1. The predicted molar refractivity (Wildman–Crippen MR) is 98.9 cm³/mol. The second kappa shape index (κ2) is 9.35. The van der Waals surface area contributed by atoms with Gasteiger partial charge in [0.15, 0.2) is 5.16 Å². The van der Waals surface area contributed by atoms with Gasteiger partial charge in [0.2, 0.25) is 5.91 Å². The molecule has 1 amide bonds. The molecule has 2 aromatic rings. The number of morpholine rings is 1. The van der Waals surface area contributed by atoms with Crippen molar-refractivity contribution in [3.8, 4) is 0 Å². The van der Waals surface area contributed by atoms with Crippen LogP contribution >= 0.6 is 11.8 Å². The maximum Gasteiger partial charge on any atom is 0.433 e. The number of aromatic nitrogens is 2. The number of amides is 1. The zero-order valence-electron chi connectivity index (χ0n) is 14.9. The first kappa shape index (κ1) is 20.6. The fraction of sp³-hybridized carbons (Fsp3) is 0.389. The van der Waals surface area contributed by atoms with Gasteiger partial charge in [-0.15, -0.1) is 0 Å². The van der Waals surface area contributed by atoms with Gasteiger partial charge < -0.3 is 10.1 Å². The monoisotopic (exact) mass is 412 g/mol. The number of ether oxygens (including phenoxy) is 1. The molecular formula is C18H19F3N4O2S. The average Bonchev–Trinajstić information content (AvgIpc) is 2.68. The van der Waals surface area contributed by atoms with Crippen LogP contribution in [0.2, 0.25) is 0 Å². The average molecular weight is 412 g/mol. The number of benzene rings is 1. The summed E-state index contributed by atoms with van der Waals surface area (Å²) in [5, 5.41) is 2.62. The van der Waals surface area contributed by atoms with Gasteiger partial charge in [-0.05, 0) is 23.8 Å². The van der Waals surface area contributed by atoms with Gasteiger partial charge in [-0.1, -0.05) is 23.9 Å². The van der Waals surface area contributed by atoms with Crippen LogP contribution in [0, 0.1) is 0 Å². The van der Waals surface area contributed by atoms with E-state index in [9.17, 15) is 18.0 Å². The molecule has 0 radical (unpaired) electrons. The van der Waals surface area contributed by atoms with Crippen LogP contribution in [0.1, 0.15) is 11.3 Å². The quantitative estimate of drug-likeness (QED) is 0.581. The highest BCUT2D eigenvalue weighted by Crippen LogP contribution is 2.28. The van der Waals surface area contributed by atoms with Crippen LogP contribution in [-0.2, 0) is 22.3 Å². The number of nitrogens with zero attached hydrogens (tertiary/aromatic N) is 3. The Labute approximate surface area is 164 Å². The molecule has 2 heterocycles. The summed E-state index contributed by atoms with van der Waals surface area (Å²) in [7, 11) is 0. The number of halogens is 3. The fourth-order valence-electron chi connectivity index (χ4n) is 2.61. The van der Waals surface area contributed by atoms with Crippen molar-refractivity contribution in [1.29, 1.82) is 0 Å². The molecule has 0 saturated carbocycles. The van der Waals surface area contributed by atoms with E-state index in [1.807, 2.05) is 12.1 Å². The minimum absolute atomic E-state index is 0.0865. The Kier molecular flexibility index (Phi) is 6.87. The molecule has 1 N–H and O–H groups in total. The molecular weight excluding hydrogens is 393 g/mol. The van der Waals surface area contributed by atoms with Gasteiger partial charge in [0, 0.05) is 31.5 Å². The minimum Gasteiger partial charge on any atom is -0.379 e. The Morgan fingerprint density at radius 1 is 1.18 bits per heavy atom. The van der Waals surface area contributed by atoms with Gasteiger partial charge in [-0.25, -0.2) is 9.97 Å². The molecule has 0 bridgehead atoms. The lowest BCUT2D eigenvalue weighted by atomic mass is 10.2. The number of thioether (sulfide) groups is 1. The van der Waals surface area contributed by atoms with Gasteiger partial charge in [-0.3, -0.25) is 9.69 Å². The Hall–Kier alpha value is -2.17. The lowest BCUT2D eigenvalue weighted by molar-refractivity contribution is -0.141. The molecule has 1 saturated heterocycles. The van der Waals surface area contributed by atoms with E-state index in [0.29, 0.717) is 5.69 Å². The molecule has 0 atom stereocenters. The third-order valence-electron chi connectivity index (χ3n) is 4.00. The Bertz CT molecular complexity index is 796. The van der Waals surface area contributed by atoms with E-state index >= 15 is 0 Å². The molecule has 1 aromatic heterocycles. The van der Waals surface area contributed by atoms with Crippen molar-refractivity contribution < 1.29 is 22.7 Å². The zero-order chi connectivity index (χ0) is 20.0. The van der Waals surface area contributed by atoms with Crippen molar-refractivity contribution >= 4 is 23.4 Å². The van der Waals surface area contributed by atoms with Crippen molar-refractivity contribution in [2.75, 3.05) is 37.4 Å². The maximum atomic E-state index is 12.6. The van der Waals surface area contributed by atoms with E-state index in [-0.39, 0.29) is 16.8 Å². The lowest BCUT2D eigenvalue weighted by Gasteiger charge is -2.26. The first-order valence-electron chi connectivity index (χ1n) is 8.62. The molecule has 6 nitrogen and oxygen atoms in total. The van der Waals surface area contributed by atoms with Crippen molar-refractivity contribution in [2.24, 2.45) is 0 Å². The molecule has 150 valence electrons. The van der Waals surface area contributed by atoms with Crippen molar-refractivity contribution in [3.63, 3.8) is 0 Å². The molecule has 28 heavy (non-hydrogen) atoms. The summed E-state index contributed by atoms with van der Waals surface area (Å²) >= 11 is 0.852. The molecule has 3 rings (SSSR count). The number of rotatable bonds is 6. The number of carbonyl (C=O) groups excluding carboxylic acids is 1. The van der Waals surface area contributed by atoms with Gasteiger partial charge in [0.05, 0.1) is 19.0 Å². The van der Waals surface area contributed by atoms with Crippen LogP contribution in [0.4, 0.5) is 18.9 Å². The Morgan fingerprint density at radius 2 is 1.89 bits per heavy atom. The summed E-state index contributed by atoms with van der Waals surface area (Å²) in [6.45, 7) is 4.09. The third kappa shape index (κ3) is 6.18. The highest BCUT2D eigenvalue weighted by atomic mass is 32.2. The van der Waals surface area contributed by atoms with E-state index in [4.69, 9.17) is 4.74 Å². The molecule has 1 fully saturated rings. The number of anilines is 1. The topological polar surface area (TPSA) is 67.4 Å². The molecule has 0 aliphatic carbocycles. The molecule has 1 aromatic carbocycles. The standard InChI is InChI=1S/C18H19F3N4O2S/c19-18(20,21)15-5-6-22-17(24-15)28-12-16(26)23-14-3-1-13(2-4-14)11-25-7-9-27-10-8-25/h1-6H,7-12H2,(H,23,26). The summed E-state index contributed by atoms with van der Waals surface area (Å²) < 4.78 is 43.3. The largest absolute Gasteiger partial charge is 0.433 e. The van der Waals surface area contributed by atoms with Crippen LogP contribution in [0.15, 0.2) is 41.7 Å². The maximum absolute atomic E-state index is 12.6. The van der Waals surface area contributed by atoms with Crippen LogP contribution in [0.3, 0.4) is 0 Å². The van der Waals surface area contributed by atoms with E-state index < -0.39 is 11.9 Å². The Morgan fingerprint density at radius 3 is 2.57 bits per heavy atom. The fourth-order valence-corrected chi connectivity index (χ4v) is 3.24. The summed E-state index contributed by atoms with van der Waals surface area (Å²) in [5.74, 6) is -0.427. The first-order chi connectivity index (χ1) is 13.4. The lowest BCUT2D eigenvalue weighted by Crippen LogP contribution is -2.35. The van der Waals surface area contributed by atoms with E-state index in [0.717, 1.165) is 62.4 Å². The number of hydrogen-bond donors (Lipinski definition) is 1. The summed E-state index contributed by atoms with van der Waals surface area (Å²) in [6.07, 6.45) is -3.51. The summed E-state index contributed by atoms with van der Waals surface area (Å²) in [4.78, 5) is 21.5. The number of carbonyl (C=O) groups is 1. The Balaban J connectivity index is 1.48. The second-order valence-corrected chi connectivity index (χ2v) is 7.09. The summed E-state index contributed by atoms with van der Waals surface area (Å²) in [5.41, 5.74) is 0.731. The number of hydrogen-bond acceptors (Lipinski definition) is 6. The van der Waals surface area contributed by atoms with Crippen LogP contribution in [-0.4, -0.2) is 52.8 Å². The zero-order valence-corrected chi connectivity index (χ0v) is 15.7. The van der Waals surface area contributed by atoms with Crippen LogP contribution < -0.4 is 5.32 Å². The highest BCUT2D eigenvalue weighted by Gasteiger charge is 2.32. The minimum atomic E-state index is -4.54. The molecule has 1 aliphatic heterocycles. The smallest absolute Gasteiger partial charge is 0.379 e. The van der Waals surface area contributed by atoms with E-state index in [1.165, 1.54) is 0 Å². The highest BCUT2D eigenvalue weighted by molar-refractivity contribution is 7.99. The van der Waals surface area contributed by atoms with Crippen molar-refractivity contribution in [2.45, 2.75) is 17.9 Å². The predicted octanol–water partition coefficient (Wildman–Crippen LogP) is 3.06. The molecule has 0 spiro atoms. The van der Waals surface area contributed by atoms with Crippen LogP contribution in [0.5, 0.6) is 0 Å². The second-order valence-electron chi connectivity index (χ2n) is 6.14. The van der Waals surface area contributed by atoms with Gasteiger partial charge >= 0.3 is 6.18 Å². The molecule has 0 unspecified atom stereocenters. The third-order valence-corrected chi connectivity index (χ3v) is 4.87. The van der Waals surface area contributed by atoms with E-state index in [2.05, 4.69) is 20.2 Å². The van der Waals surface area contributed by atoms with Gasteiger partial charge in [-0.2, -0.15) is 13.2 Å². The molecule has 1 aliphatic rings. The van der Waals surface area contributed by atoms with Crippen LogP contribution in [0.25, 0.3) is 0 Å². The first-order valence-corrected chi connectivity index (χ1v) is 9.61. The summed E-state index contributed by atoms with van der Waals surface area (Å²) in [6, 6.07) is 8.28. The van der Waals surface area contributed by atoms with Gasteiger partial charge in [0.1, 0.15) is 5.69 Å². The number of alkyl halides is 3. The normalized spacial score (nSPS) is 15.4. The van der Waals surface area contributed by atoms with Crippen molar-refractivity contribution in [1.82, 2.24) is 14.9 Å².